The first kappa shape index (κ1) is 67.2. The minimum absolute atomic E-state index is 0.00744. The Balaban J connectivity index is 1.000. The predicted octanol–water partition coefficient (Wildman–Crippen LogP) is -2.49. The topological polar surface area (TPSA) is 410 Å². The van der Waals surface area contributed by atoms with E-state index in [9.17, 15) is 79.5 Å². The summed E-state index contributed by atoms with van der Waals surface area (Å²) >= 11 is 0. The van der Waals surface area contributed by atoms with E-state index >= 15 is 0 Å². The maximum atomic E-state index is 13.9. The fourth-order valence-electron chi connectivity index (χ4n) is 11.0. The molecule has 0 spiro atoms. The summed E-state index contributed by atoms with van der Waals surface area (Å²) < 4.78 is 84.3. The second-order valence-corrected chi connectivity index (χ2v) is 25.5. The van der Waals surface area contributed by atoms with E-state index < -0.39 is 176 Å². The van der Waals surface area contributed by atoms with E-state index in [1.807, 2.05) is 6.92 Å². The van der Waals surface area contributed by atoms with Gasteiger partial charge in [0.25, 0.3) is 0 Å². The molecule has 80 heavy (non-hydrogen) atoms. The molecular formula is C49H87N3O26P2. The molecule has 6 rings (SSSR count). The zero-order chi connectivity index (χ0) is 58.8. The number of likely N-dealkylation sites (tertiary alicyclic amines) is 3. The van der Waals surface area contributed by atoms with Crippen LogP contribution in [0.4, 0.5) is 0 Å². The standard InChI is InChI=1S/C49H87N3O26P2/c1-26-15-33(19-50(26)38(57)9-6-12-69-47-27(2)41(60)44(63)35(21-53)74-47)77-79(5,66)72-24-31-17-34(20-52(31)40(59)11-8-14-71-49-29(4)43(62)46(65)37(23-55)76-49)78-80(67,68)73-25-30-16-32(56)18-51(30)39(58)10-7-13-70-48-28(3)42(61)45(64)36(22-54)75-48/h26-37,41-49,53-56,60-65H,6-25H2,1-5H3,(H,67,68)/t26-,27?,28?,29?,30+,31+,32-,33-,34-,35?,36?,37?,41?,42?,43?,44?,45?,46?,47?,48?,49?,79?/m1/s1. The number of β-amino-alcohol motifs (C(OH)–C–C–N with tert-alkyl or cyclic N) is 1. The number of hydrogen-bond acceptors (Lipinski definition) is 25. The number of nitrogens with zero attached hydrogens (tertiary/aromatic N) is 3. The Hall–Kier alpha value is -1.97. The summed E-state index contributed by atoms with van der Waals surface area (Å²) in [4.78, 5) is 55.8. The molecule has 0 aromatic heterocycles. The third-order valence-corrected chi connectivity index (χ3v) is 18.2. The Labute approximate surface area is 465 Å². The van der Waals surface area contributed by atoms with E-state index in [0.29, 0.717) is 6.42 Å². The molecule has 0 bridgehead atoms. The number of carbonyl (C=O) groups is 3. The molecule has 0 saturated carbocycles. The highest BCUT2D eigenvalue weighted by Gasteiger charge is 2.47. The highest BCUT2D eigenvalue weighted by molar-refractivity contribution is 7.53. The highest BCUT2D eigenvalue weighted by Crippen LogP contribution is 2.50. The summed E-state index contributed by atoms with van der Waals surface area (Å²) in [6.07, 6.45) is -15.6. The quantitative estimate of drug-likeness (QED) is 0.0285. The van der Waals surface area contributed by atoms with Gasteiger partial charge in [0.1, 0.15) is 36.6 Å². The summed E-state index contributed by atoms with van der Waals surface area (Å²) in [6, 6.07) is -1.99. The van der Waals surface area contributed by atoms with Crippen molar-refractivity contribution < 1.29 is 126 Å². The monoisotopic (exact) mass is 1200 g/mol. The lowest BCUT2D eigenvalue weighted by molar-refractivity contribution is -0.282. The maximum Gasteiger partial charge on any atom is 0.472 e. The van der Waals surface area contributed by atoms with Crippen LogP contribution >= 0.6 is 15.4 Å². The fourth-order valence-corrected chi connectivity index (χ4v) is 13.2. The molecule has 17 unspecified atom stereocenters. The summed E-state index contributed by atoms with van der Waals surface area (Å²) in [5.74, 6) is -3.00. The van der Waals surface area contributed by atoms with Crippen LogP contribution in [0.25, 0.3) is 0 Å². The van der Waals surface area contributed by atoms with Crippen molar-refractivity contribution in [1.29, 1.82) is 0 Å². The Morgan fingerprint density at radius 3 is 1.32 bits per heavy atom. The van der Waals surface area contributed by atoms with Gasteiger partial charge in [0.05, 0.1) is 102 Å². The first-order chi connectivity index (χ1) is 37.8. The second-order valence-electron chi connectivity index (χ2n) is 22.1. The van der Waals surface area contributed by atoms with Gasteiger partial charge < -0.3 is 108 Å². The van der Waals surface area contributed by atoms with Gasteiger partial charge in [0.2, 0.25) is 17.7 Å². The van der Waals surface area contributed by atoms with Crippen LogP contribution in [0.5, 0.6) is 0 Å². The summed E-state index contributed by atoms with van der Waals surface area (Å²) in [6.45, 7) is 5.23. The molecule has 6 aliphatic rings. The van der Waals surface area contributed by atoms with Gasteiger partial charge in [-0.25, -0.2) is 4.57 Å². The van der Waals surface area contributed by atoms with Gasteiger partial charge in [-0.15, -0.1) is 0 Å². The number of aliphatic hydroxyl groups excluding tert-OH is 10. The maximum absolute atomic E-state index is 13.9. The van der Waals surface area contributed by atoms with Crippen LogP contribution in [0.1, 0.15) is 85.5 Å². The highest BCUT2D eigenvalue weighted by atomic mass is 31.2. The van der Waals surface area contributed by atoms with Crippen molar-refractivity contribution in [3.8, 4) is 0 Å². The lowest BCUT2D eigenvalue weighted by Crippen LogP contribution is -2.55. The Bertz CT molecular complexity index is 2070. The summed E-state index contributed by atoms with van der Waals surface area (Å²) in [7, 11) is -8.84. The van der Waals surface area contributed by atoms with Crippen molar-refractivity contribution in [2.45, 2.75) is 196 Å². The minimum atomic E-state index is -4.93. The van der Waals surface area contributed by atoms with E-state index in [1.54, 1.807) is 25.7 Å². The van der Waals surface area contributed by atoms with Gasteiger partial charge in [-0.1, -0.05) is 20.8 Å². The SMILES string of the molecule is CC1C(OCCCC(=O)N2C[C@H](O)C[C@H]2COP(=O)(O)O[C@@H]2C[C@@H](COP(C)(=O)O[C@@H]3C[C@@H](C)N(C(=O)CCCOC4OC(CO)C(O)C(O)C4C)C3)N(C(=O)CCCOC3OC(CO)C(O)C(O)C3C)C2)OC(CO)C(O)C1O. The average Bonchev–Trinajstić information content (AvgIpc) is 4.16. The van der Waals surface area contributed by atoms with Gasteiger partial charge in [0.15, 0.2) is 18.9 Å². The van der Waals surface area contributed by atoms with Gasteiger partial charge in [-0.2, -0.15) is 0 Å². The number of phosphoric ester groups is 1. The number of aliphatic hydroxyl groups is 10. The zero-order valence-corrected chi connectivity index (χ0v) is 47.8. The molecule has 0 aromatic rings. The molecule has 464 valence electrons. The van der Waals surface area contributed by atoms with Gasteiger partial charge in [-0.05, 0) is 45.4 Å². The van der Waals surface area contributed by atoms with E-state index in [4.69, 9.17) is 46.5 Å². The van der Waals surface area contributed by atoms with Gasteiger partial charge in [0, 0.05) is 69.4 Å². The molecule has 0 aromatic carbocycles. The molecule has 23 atom stereocenters. The average molecular weight is 1200 g/mol. The molecule has 6 aliphatic heterocycles. The molecule has 11 N–H and O–H groups in total. The minimum Gasteiger partial charge on any atom is -0.394 e. The molecule has 29 nitrogen and oxygen atoms in total. The molecular weight excluding hydrogens is 1110 g/mol. The predicted molar refractivity (Wildman–Crippen MR) is 273 cm³/mol. The lowest BCUT2D eigenvalue weighted by atomic mass is 9.92. The summed E-state index contributed by atoms with van der Waals surface area (Å²) in [5, 5.41) is 101. The van der Waals surface area contributed by atoms with Crippen LogP contribution < -0.4 is 0 Å². The first-order valence-electron chi connectivity index (χ1n) is 27.6. The van der Waals surface area contributed by atoms with E-state index in [2.05, 4.69) is 0 Å². The zero-order valence-electron chi connectivity index (χ0n) is 46.0. The normalized spacial score (nSPS) is 39.4. The Morgan fingerprint density at radius 2 is 0.887 bits per heavy atom. The van der Waals surface area contributed by atoms with E-state index in [0.717, 1.165) is 0 Å². The van der Waals surface area contributed by atoms with Crippen LogP contribution in [0.2, 0.25) is 0 Å². The van der Waals surface area contributed by atoms with E-state index in [-0.39, 0.29) is 109 Å². The van der Waals surface area contributed by atoms with Crippen LogP contribution in [0.15, 0.2) is 0 Å². The molecule has 6 heterocycles. The second kappa shape index (κ2) is 30.4. The van der Waals surface area contributed by atoms with Crippen molar-refractivity contribution in [2.75, 3.05) is 79.2 Å². The smallest absolute Gasteiger partial charge is 0.394 e. The van der Waals surface area contributed by atoms with Crippen LogP contribution in [-0.2, 0) is 70.0 Å². The molecule has 31 heteroatoms. The third-order valence-electron chi connectivity index (χ3n) is 15.8. The van der Waals surface area contributed by atoms with Crippen molar-refractivity contribution in [1.82, 2.24) is 14.7 Å². The van der Waals surface area contributed by atoms with Crippen molar-refractivity contribution in [3.63, 3.8) is 0 Å². The molecule has 0 radical (unpaired) electrons. The van der Waals surface area contributed by atoms with Gasteiger partial charge >= 0.3 is 15.4 Å². The largest absolute Gasteiger partial charge is 0.472 e. The number of carbonyl (C=O) groups excluding carboxylic acids is 3. The third kappa shape index (κ3) is 17.8. The molecule has 6 saturated heterocycles. The fraction of sp³-hybridized carbons (Fsp3) is 0.939. The van der Waals surface area contributed by atoms with Crippen molar-refractivity contribution in [2.24, 2.45) is 17.8 Å². The molecule has 0 aliphatic carbocycles. The van der Waals surface area contributed by atoms with Gasteiger partial charge in [-0.3, -0.25) is 28.0 Å². The number of amides is 3. The van der Waals surface area contributed by atoms with E-state index in [1.165, 1.54) is 16.5 Å². The van der Waals surface area contributed by atoms with Crippen LogP contribution in [0, 0.1) is 17.8 Å². The lowest BCUT2D eigenvalue weighted by Gasteiger charge is -2.40. The Morgan fingerprint density at radius 1 is 0.512 bits per heavy atom. The number of phosphoric acid groups is 1. The van der Waals surface area contributed by atoms with Crippen LogP contribution in [-0.4, -0.2) is 278 Å². The van der Waals surface area contributed by atoms with Crippen LogP contribution in [0.3, 0.4) is 0 Å². The summed E-state index contributed by atoms with van der Waals surface area (Å²) in [5.41, 5.74) is 0. The Kier molecular flexibility index (Phi) is 25.5. The van der Waals surface area contributed by atoms with Crippen molar-refractivity contribution >= 4 is 33.1 Å². The molecule has 3 amide bonds. The number of ether oxygens (including phenoxy) is 6. The number of rotatable bonds is 28. The first-order valence-corrected chi connectivity index (χ1v) is 31.1. The number of hydrogen-bond donors (Lipinski definition) is 11. The van der Waals surface area contributed by atoms with Crippen molar-refractivity contribution in [3.05, 3.63) is 0 Å². The molecule has 6 fully saturated rings.